The molecular weight excluding hydrogens is 434 g/mol. The Bertz CT molecular complexity index is 1210. The summed E-state index contributed by atoms with van der Waals surface area (Å²) in [6.07, 6.45) is 2.94. The van der Waals surface area contributed by atoms with E-state index >= 15 is 0 Å². The number of rotatable bonds is 6. The zero-order chi connectivity index (χ0) is 23.5. The van der Waals surface area contributed by atoms with Crippen LogP contribution in [0.1, 0.15) is 36.4 Å². The number of carbonyl (C=O) groups excluding carboxylic acids is 2. The van der Waals surface area contributed by atoms with Crippen molar-refractivity contribution in [2.45, 2.75) is 39.6 Å². The molecule has 1 amide bonds. The van der Waals surface area contributed by atoms with Gasteiger partial charge in [0.05, 0.1) is 4.91 Å². The van der Waals surface area contributed by atoms with Gasteiger partial charge in [0.2, 0.25) is 0 Å². The number of anilines is 1. The van der Waals surface area contributed by atoms with Crippen molar-refractivity contribution in [1.82, 2.24) is 9.88 Å². The van der Waals surface area contributed by atoms with Crippen LogP contribution in [0, 0.1) is 13.8 Å². The van der Waals surface area contributed by atoms with E-state index in [1.54, 1.807) is 12.1 Å². The van der Waals surface area contributed by atoms with Gasteiger partial charge in [-0.25, -0.2) is 0 Å². The summed E-state index contributed by atoms with van der Waals surface area (Å²) in [4.78, 5) is 24.4. The number of nitrogens with zero attached hydrogens (tertiary/aromatic N) is 1. The van der Waals surface area contributed by atoms with Crippen LogP contribution in [-0.4, -0.2) is 21.9 Å². The summed E-state index contributed by atoms with van der Waals surface area (Å²) < 4.78 is 7.24. The van der Waals surface area contributed by atoms with Gasteiger partial charge in [-0.15, -0.1) is 0 Å². The molecule has 0 radical (unpaired) electrons. The minimum absolute atomic E-state index is 0.0850. The SMILES string of the molecule is CCc1ccc(N[C@H]2NC(=O)/C(=C/c3cc(C)n(-c4ccc(OC(C)=O)cc4)c3C)S2)cc1. The Morgan fingerprint density at radius 1 is 1.15 bits per heavy atom. The molecule has 1 fully saturated rings. The lowest BCUT2D eigenvalue weighted by Gasteiger charge is -2.12. The fourth-order valence-electron chi connectivity index (χ4n) is 3.85. The number of hydrogen-bond donors (Lipinski definition) is 2. The topological polar surface area (TPSA) is 72.4 Å². The second-order valence-corrected chi connectivity index (χ2v) is 9.07. The number of carbonyl (C=O) groups is 2. The molecule has 6 nitrogen and oxygen atoms in total. The lowest BCUT2D eigenvalue weighted by molar-refractivity contribution is -0.131. The molecule has 3 aromatic rings. The molecule has 2 N–H and O–H groups in total. The highest BCUT2D eigenvalue weighted by Crippen LogP contribution is 2.32. The molecule has 0 saturated carbocycles. The quantitative estimate of drug-likeness (QED) is 0.301. The highest BCUT2D eigenvalue weighted by molar-refractivity contribution is 8.05. The number of aromatic nitrogens is 1. The molecule has 33 heavy (non-hydrogen) atoms. The molecule has 1 saturated heterocycles. The van der Waals surface area contributed by atoms with Crippen molar-refractivity contribution in [1.29, 1.82) is 0 Å². The minimum atomic E-state index is -0.344. The van der Waals surface area contributed by atoms with E-state index in [0.717, 1.165) is 34.7 Å². The summed E-state index contributed by atoms with van der Waals surface area (Å²) in [5.41, 5.74) is 6.07. The van der Waals surface area contributed by atoms with Crippen LogP contribution in [-0.2, 0) is 16.0 Å². The third-order valence-electron chi connectivity index (χ3n) is 5.50. The van der Waals surface area contributed by atoms with E-state index in [9.17, 15) is 9.59 Å². The molecule has 0 bridgehead atoms. The van der Waals surface area contributed by atoms with E-state index in [-0.39, 0.29) is 17.4 Å². The summed E-state index contributed by atoms with van der Waals surface area (Å²) in [6.45, 7) is 7.57. The van der Waals surface area contributed by atoms with Gasteiger partial charge in [0.25, 0.3) is 5.91 Å². The first-order chi connectivity index (χ1) is 15.8. The molecule has 1 aromatic heterocycles. The third kappa shape index (κ3) is 5.14. The van der Waals surface area contributed by atoms with Crippen molar-refractivity contribution < 1.29 is 14.3 Å². The van der Waals surface area contributed by atoms with E-state index in [1.165, 1.54) is 24.2 Å². The fraction of sp³-hybridized carbons (Fsp3) is 0.231. The summed E-state index contributed by atoms with van der Waals surface area (Å²) in [5.74, 6) is 0.0827. The molecule has 0 aliphatic carbocycles. The highest BCUT2D eigenvalue weighted by atomic mass is 32.2. The Morgan fingerprint density at radius 2 is 1.85 bits per heavy atom. The molecular formula is C26H27N3O3S. The molecule has 1 aliphatic rings. The monoisotopic (exact) mass is 461 g/mol. The average molecular weight is 462 g/mol. The Balaban J connectivity index is 1.52. The van der Waals surface area contributed by atoms with Gasteiger partial charge in [-0.2, -0.15) is 0 Å². The van der Waals surface area contributed by atoms with Gasteiger partial charge in [0.15, 0.2) is 5.50 Å². The summed E-state index contributed by atoms with van der Waals surface area (Å²) in [7, 11) is 0. The molecule has 1 atom stereocenters. The second-order valence-electron chi connectivity index (χ2n) is 7.92. The van der Waals surface area contributed by atoms with Crippen LogP contribution in [0.3, 0.4) is 0 Å². The normalized spacial score (nSPS) is 16.7. The number of hydrogen-bond acceptors (Lipinski definition) is 5. The molecule has 170 valence electrons. The van der Waals surface area contributed by atoms with Crippen molar-refractivity contribution in [3.05, 3.63) is 82.0 Å². The van der Waals surface area contributed by atoms with Crippen LogP contribution in [0.5, 0.6) is 5.75 Å². The Labute approximate surface area is 198 Å². The minimum Gasteiger partial charge on any atom is -0.427 e. The zero-order valence-corrected chi connectivity index (χ0v) is 20.0. The van der Waals surface area contributed by atoms with Crippen molar-refractivity contribution in [3.63, 3.8) is 0 Å². The number of aryl methyl sites for hydroxylation is 2. The van der Waals surface area contributed by atoms with Crippen LogP contribution in [0.4, 0.5) is 5.69 Å². The number of thioether (sulfide) groups is 1. The van der Waals surface area contributed by atoms with Crippen molar-refractivity contribution in [2.24, 2.45) is 0 Å². The summed E-state index contributed by atoms with van der Waals surface area (Å²) in [5, 5.41) is 6.36. The molecule has 0 spiro atoms. The van der Waals surface area contributed by atoms with Crippen LogP contribution in [0.25, 0.3) is 11.8 Å². The lowest BCUT2D eigenvalue weighted by Crippen LogP contribution is -2.30. The fourth-order valence-corrected chi connectivity index (χ4v) is 4.83. The Hall–Kier alpha value is -3.45. The predicted molar refractivity (Wildman–Crippen MR) is 133 cm³/mol. The number of esters is 1. The molecule has 2 aromatic carbocycles. The van der Waals surface area contributed by atoms with E-state index in [0.29, 0.717) is 10.7 Å². The van der Waals surface area contributed by atoms with Gasteiger partial charge in [-0.1, -0.05) is 30.8 Å². The predicted octanol–water partition coefficient (Wildman–Crippen LogP) is 5.18. The van der Waals surface area contributed by atoms with Crippen LogP contribution in [0.15, 0.2) is 59.5 Å². The van der Waals surface area contributed by atoms with Gasteiger partial charge in [-0.05, 0) is 79.9 Å². The Morgan fingerprint density at radius 3 is 2.48 bits per heavy atom. The second kappa shape index (κ2) is 9.58. The van der Waals surface area contributed by atoms with Gasteiger partial charge >= 0.3 is 5.97 Å². The van der Waals surface area contributed by atoms with Gasteiger partial charge in [-0.3, -0.25) is 9.59 Å². The van der Waals surface area contributed by atoms with E-state index < -0.39 is 0 Å². The number of amides is 1. The van der Waals surface area contributed by atoms with E-state index in [1.807, 2.05) is 44.2 Å². The maximum absolute atomic E-state index is 12.6. The molecule has 0 unspecified atom stereocenters. The van der Waals surface area contributed by atoms with Crippen LogP contribution in [0.2, 0.25) is 0 Å². The third-order valence-corrected chi connectivity index (χ3v) is 6.53. The van der Waals surface area contributed by atoms with E-state index in [2.05, 4.69) is 40.3 Å². The molecule has 7 heteroatoms. The summed E-state index contributed by atoms with van der Waals surface area (Å²) >= 11 is 1.48. The van der Waals surface area contributed by atoms with Crippen molar-refractivity contribution >= 4 is 35.4 Å². The largest absolute Gasteiger partial charge is 0.427 e. The van der Waals surface area contributed by atoms with Gasteiger partial charge < -0.3 is 19.9 Å². The Kier molecular flexibility index (Phi) is 6.60. The average Bonchev–Trinajstić information content (AvgIpc) is 3.27. The van der Waals surface area contributed by atoms with Crippen LogP contribution >= 0.6 is 11.8 Å². The standard InChI is InChI=1S/C26H27N3O3S/c1-5-19-6-8-21(9-7-19)27-26-28-25(31)24(33-26)15-20-14-16(2)29(17(20)3)22-10-12-23(13-11-22)32-18(4)30/h6-15,26-27H,5H2,1-4H3,(H,28,31)/b24-15-/t26-/m0/s1. The number of ether oxygens (including phenoxy) is 1. The first-order valence-electron chi connectivity index (χ1n) is 10.9. The van der Waals surface area contributed by atoms with Gasteiger partial charge in [0.1, 0.15) is 5.75 Å². The maximum Gasteiger partial charge on any atom is 0.308 e. The number of benzene rings is 2. The number of nitrogens with one attached hydrogen (secondary N) is 2. The van der Waals surface area contributed by atoms with Crippen molar-refractivity contribution in [2.75, 3.05) is 5.32 Å². The molecule has 2 heterocycles. The van der Waals surface area contributed by atoms with E-state index in [4.69, 9.17) is 4.74 Å². The first kappa shape index (κ1) is 22.7. The zero-order valence-electron chi connectivity index (χ0n) is 19.1. The van der Waals surface area contributed by atoms with Crippen molar-refractivity contribution in [3.8, 4) is 11.4 Å². The molecule has 1 aliphatic heterocycles. The lowest BCUT2D eigenvalue weighted by atomic mass is 10.1. The maximum atomic E-state index is 12.6. The van der Waals surface area contributed by atoms with Crippen LogP contribution < -0.4 is 15.4 Å². The smallest absolute Gasteiger partial charge is 0.308 e. The highest BCUT2D eigenvalue weighted by Gasteiger charge is 2.27. The first-order valence-corrected chi connectivity index (χ1v) is 11.7. The summed E-state index contributed by atoms with van der Waals surface area (Å²) in [6, 6.07) is 17.7. The molecule has 4 rings (SSSR count). The van der Waals surface area contributed by atoms with Gasteiger partial charge in [0, 0.05) is 29.7 Å².